The molecule has 0 unspecified atom stereocenters. The molecule has 0 saturated carbocycles. The highest BCUT2D eigenvalue weighted by atomic mass is 35.5. The molecule has 0 saturated heterocycles. The quantitative estimate of drug-likeness (QED) is 0.884. The number of rotatable bonds is 4. The second kappa shape index (κ2) is 6.24. The van der Waals surface area contributed by atoms with E-state index in [0.717, 1.165) is 11.3 Å². The van der Waals surface area contributed by atoms with Crippen LogP contribution in [0.1, 0.15) is 11.1 Å². The van der Waals surface area contributed by atoms with Crippen LogP contribution in [0.2, 0.25) is 5.02 Å². The molecule has 0 aromatic heterocycles. The summed E-state index contributed by atoms with van der Waals surface area (Å²) in [6.45, 7) is 1.77. The number of nitrogens with zero attached hydrogens (tertiary/aromatic N) is 1. The van der Waals surface area contributed by atoms with Gasteiger partial charge in [0.2, 0.25) is 5.91 Å². The average Bonchev–Trinajstić information content (AvgIpc) is 2.84. The molecule has 0 radical (unpaired) electrons. The Balaban J connectivity index is 1.98. The Bertz CT molecular complexity index is 973. The molecule has 3 rings (SSSR count). The van der Waals surface area contributed by atoms with E-state index in [1.807, 2.05) is 0 Å². The van der Waals surface area contributed by atoms with Crippen molar-refractivity contribution in [2.45, 2.75) is 18.2 Å². The maximum Gasteiger partial charge on any atom is 0.262 e. The van der Waals surface area contributed by atoms with E-state index in [0.29, 0.717) is 22.0 Å². The van der Waals surface area contributed by atoms with Crippen LogP contribution < -0.4 is 14.4 Å². The first-order valence-corrected chi connectivity index (χ1v) is 9.35. The lowest BCUT2D eigenvalue weighted by atomic mass is 10.2. The zero-order valence-corrected chi connectivity index (χ0v) is 15.5. The van der Waals surface area contributed by atoms with Crippen molar-refractivity contribution < 1.29 is 17.9 Å². The van der Waals surface area contributed by atoms with Crippen molar-refractivity contribution in [2.24, 2.45) is 0 Å². The van der Waals surface area contributed by atoms with Crippen LogP contribution >= 0.6 is 11.6 Å². The van der Waals surface area contributed by atoms with Crippen LogP contribution in [0.5, 0.6) is 5.75 Å². The Morgan fingerprint density at radius 2 is 1.96 bits per heavy atom. The third-order valence-electron chi connectivity index (χ3n) is 4.16. The molecule has 25 heavy (non-hydrogen) atoms. The maximum absolute atomic E-state index is 12.7. The molecule has 1 N–H and O–H groups in total. The van der Waals surface area contributed by atoms with Gasteiger partial charge in [0.25, 0.3) is 10.0 Å². The van der Waals surface area contributed by atoms with Gasteiger partial charge in [-0.3, -0.25) is 9.52 Å². The Labute approximate surface area is 151 Å². The summed E-state index contributed by atoms with van der Waals surface area (Å²) in [5.41, 5.74) is 2.44. The van der Waals surface area contributed by atoms with Crippen LogP contribution in [-0.2, 0) is 21.2 Å². The number of amides is 1. The van der Waals surface area contributed by atoms with Gasteiger partial charge in [-0.05, 0) is 42.3 Å². The molecule has 2 aromatic carbocycles. The minimum Gasteiger partial charge on any atom is -0.495 e. The molecular formula is C17H17ClN2O4S. The zero-order valence-electron chi connectivity index (χ0n) is 14.0. The SMILES string of the molecule is COc1cc(Cl)c(C)cc1NS(=O)(=O)c1ccc2c(c1)CC(=O)N2C. The second-order valence-electron chi connectivity index (χ2n) is 5.83. The predicted octanol–water partition coefficient (Wildman–Crippen LogP) is 2.98. The van der Waals surface area contributed by atoms with E-state index < -0.39 is 10.0 Å². The summed E-state index contributed by atoms with van der Waals surface area (Å²) >= 11 is 6.05. The number of sulfonamides is 1. The zero-order chi connectivity index (χ0) is 18.4. The number of aryl methyl sites for hydroxylation is 1. The van der Waals surface area contributed by atoms with Gasteiger partial charge in [0, 0.05) is 23.8 Å². The van der Waals surface area contributed by atoms with Crippen LogP contribution in [0, 0.1) is 6.92 Å². The fourth-order valence-electron chi connectivity index (χ4n) is 2.73. The summed E-state index contributed by atoms with van der Waals surface area (Å²) in [6.07, 6.45) is 0.193. The number of ether oxygens (including phenoxy) is 1. The lowest BCUT2D eigenvalue weighted by Crippen LogP contribution is -2.20. The lowest BCUT2D eigenvalue weighted by Gasteiger charge is -2.14. The van der Waals surface area contributed by atoms with Crippen LogP contribution in [0.3, 0.4) is 0 Å². The first-order valence-electron chi connectivity index (χ1n) is 7.49. The molecule has 0 atom stereocenters. The van der Waals surface area contributed by atoms with E-state index in [1.165, 1.54) is 24.1 Å². The number of hydrogen-bond donors (Lipinski definition) is 1. The van der Waals surface area contributed by atoms with Gasteiger partial charge in [-0.25, -0.2) is 8.42 Å². The molecule has 1 amide bonds. The Hall–Kier alpha value is -2.25. The molecule has 8 heteroatoms. The van der Waals surface area contributed by atoms with Gasteiger partial charge in [-0.2, -0.15) is 0 Å². The van der Waals surface area contributed by atoms with E-state index in [2.05, 4.69) is 4.72 Å². The highest BCUT2D eigenvalue weighted by Gasteiger charge is 2.26. The van der Waals surface area contributed by atoms with Crippen molar-refractivity contribution >= 4 is 38.9 Å². The van der Waals surface area contributed by atoms with Gasteiger partial charge in [0.05, 0.1) is 24.1 Å². The first kappa shape index (κ1) is 17.6. The fourth-order valence-corrected chi connectivity index (χ4v) is 3.99. The number of carbonyl (C=O) groups is 1. The van der Waals surface area contributed by atoms with Crippen molar-refractivity contribution in [3.63, 3.8) is 0 Å². The molecule has 1 aliphatic heterocycles. The van der Waals surface area contributed by atoms with E-state index in [-0.39, 0.29) is 17.2 Å². The topological polar surface area (TPSA) is 75.7 Å². The average molecular weight is 381 g/mol. The molecular weight excluding hydrogens is 364 g/mol. The van der Waals surface area contributed by atoms with Crippen LogP contribution in [-0.4, -0.2) is 28.5 Å². The molecule has 0 bridgehead atoms. The summed E-state index contributed by atoms with van der Waals surface area (Å²) in [4.78, 5) is 13.4. The largest absolute Gasteiger partial charge is 0.495 e. The number of carbonyl (C=O) groups excluding carboxylic acids is 1. The van der Waals surface area contributed by atoms with Gasteiger partial charge in [-0.15, -0.1) is 0 Å². The molecule has 0 fully saturated rings. The smallest absolute Gasteiger partial charge is 0.262 e. The molecule has 2 aromatic rings. The van der Waals surface area contributed by atoms with Gasteiger partial charge in [0.1, 0.15) is 5.75 Å². The Morgan fingerprint density at radius 1 is 1.24 bits per heavy atom. The van der Waals surface area contributed by atoms with Crippen LogP contribution in [0.15, 0.2) is 35.2 Å². The summed E-state index contributed by atoms with van der Waals surface area (Å²) in [5, 5.41) is 0.485. The maximum atomic E-state index is 12.7. The molecule has 1 heterocycles. The highest BCUT2D eigenvalue weighted by Crippen LogP contribution is 2.34. The van der Waals surface area contributed by atoms with Crippen LogP contribution in [0.4, 0.5) is 11.4 Å². The Morgan fingerprint density at radius 3 is 2.64 bits per heavy atom. The summed E-state index contributed by atoms with van der Waals surface area (Å²) in [7, 11) is -0.726. The van der Waals surface area contributed by atoms with E-state index in [9.17, 15) is 13.2 Å². The summed E-state index contributed by atoms with van der Waals surface area (Å²) in [6, 6.07) is 7.81. The second-order valence-corrected chi connectivity index (χ2v) is 7.92. The number of methoxy groups -OCH3 is 1. The molecule has 6 nitrogen and oxygen atoms in total. The van der Waals surface area contributed by atoms with Crippen molar-refractivity contribution in [3.8, 4) is 5.75 Å². The lowest BCUT2D eigenvalue weighted by molar-refractivity contribution is -0.117. The molecule has 0 spiro atoms. The van der Waals surface area contributed by atoms with E-state index >= 15 is 0 Å². The van der Waals surface area contributed by atoms with Gasteiger partial charge in [-0.1, -0.05) is 11.6 Å². The summed E-state index contributed by atoms with van der Waals surface area (Å²) in [5.74, 6) is 0.266. The van der Waals surface area contributed by atoms with Crippen molar-refractivity contribution in [3.05, 3.63) is 46.5 Å². The van der Waals surface area contributed by atoms with Gasteiger partial charge in [0.15, 0.2) is 0 Å². The van der Waals surface area contributed by atoms with E-state index in [1.54, 1.807) is 32.2 Å². The van der Waals surface area contributed by atoms with E-state index in [4.69, 9.17) is 16.3 Å². The number of likely N-dealkylation sites (N-methyl/N-ethyl adjacent to an activating group) is 1. The number of halogens is 1. The third-order valence-corrected chi connectivity index (χ3v) is 5.93. The first-order chi connectivity index (χ1) is 11.7. The molecule has 1 aliphatic rings. The molecule has 132 valence electrons. The predicted molar refractivity (Wildman–Crippen MR) is 97.1 cm³/mol. The number of fused-ring (bicyclic) bond motifs is 1. The highest BCUT2D eigenvalue weighted by molar-refractivity contribution is 7.92. The monoisotopic (exact) mass is 380 g/mol. The van der Waals surface area contributed by atoms with Crippen molar-refractivity contribution in [1.82, 2.24) is 0 Å². The normalized spacial score (nSPS) is 13.8. The number of anilines is 2. The Kier molecular flexibility index (Phi) is 4.38. The number of nitrogens with one attached hydrogen (secondary N) is 1. The molecule has 0 aliphatic carbocycles. The minimum absolute atomic E-state index is 0.0625. The van der Waals surface area contributed by atoms with Crippen LogP contribution in [0.25, 0.3) is 0 Å². The van der Waals surface area contributed by atoms with Crippen molar-refractivity contribution in [1.29, 1.82) is 0 Å². The van der Waals surface area contributed by atoms with Crippen molar-refractivity contribution in [2.75, 3.05) is 23.8 Å². The fraction of sp³-hybridized carbons (Fsp3) is 0.235. The third kappa shape index (κ3) is 3.17. The standard InChI is InChI=1S/C17H17ClN2O4S/c1-10-6-14(16(24-3)9-13(10)18)19-25(22,23)12-4-5-15-11(7-12)8-17(21)20(15)2/h4-7,9,19H,8H2,1-3H3. The number of hydrogen-bond acceptors (Lipinski definition) is 4. The number of benzene rings is 2. The van der Waals surface area contributed by atoms with Gasteiger partial charge < -0.3 is 9.64 Å². The summed E-state index contributed by atoms with van der Waals surface area (Å²) < 4.78 is 33.2. The minimum atomic E-state index is -3.83. The van der Waals surface area contributed by atoms with Gasteiger partial charge >= 0.3 is 0 Å².